The minimum absolute atomic E-state index is 0.0669. The number of hydrogen-bond donors (Lipinski definition) is 0. The van der Waals surface area contributed by atoms with Crippen LogP contribution in [0.15, 0.2) is 61.2 Å². The molecule has 0 aliphatic rings. The zero-order valence-electron chi connectivity index (χ0n) is 14.8. The quantitative estimate of drug-likeness (QED) is 0.701. The van der Waals surface area contributed by atoms with Gasteiger partial charge in [0.15, 0.2) is 0 Å². The summed E-state index contributed by atoms with van der Waals surface area (Å²) in [6, 6.07) is 13.3. The molecule has 3 rings (SSSR count). The van der Waals surface area contributed by atoms with Crippen LogP contribution in [0.25, 0.3) is 0 Å². The van der Waals surface area contributed by atoms with Crippen molar-refractivity contribution in [3.05, 3.63) is 94.8 Å². The SMILES string of the molecule is Cc1ccc(C(c2cncnc2)N(C)C)c(Cc2ccc(F)cc2)c1. The number of benzene rings is 2. The van der Waals surface area contributed by atoms with Crippen LogP contribution in [0, 0.1) is 12.7 Å². The molecular formula is C21H22FN3. The predicted molar refractivity (Wildman–Crippen MR) is 97.9 cm³/mol. The normalized spacial score (nSPS) is 12.4. The van der Waals surface area contributed by atoms with E-state index in [0.29, 0.717) is 0 Å². The molecule has 0 radical (unpaired) electrons. The lowest BCUT2D eigenvalue weighted by Gasteiger charge is -2.27. The Morgan fingerprint density at radius 3 is 2.32 bits per heavy atom. The van der Waals surface area contributed by atoms with Crippen molar-refractivity contribution in [2.45, 2.75) is 19.4 Å². The maximum Gasteiger partial charge on any atom is 0.123 e. The summed E-state index contributed by atoms with van der Waals surface area (Å²) in [4.78, 5) is 10.5. The van der Waals surface area contributed by atoms with Crippen LogP contribution >= 0.6 is 0 Å². The lowest BCUT2D eigenvalue weighted by Crippen LogP contribution is -2.22. The molecule has 0 saturated carbocycles. The van der Waals surface area contributed by atoms with Gasteiger partial charge in [-0.05, 0) is 56.3 Å². The molecule has 2 aromatic carbocycles. The Bertz CT molecular complexity index is 830. The molecule has 3 aromatic rings. The lowest BCUT2D eigenvalue weighted by molar-refractivity contribution is 0.339. The molecule has 0 aliphatic carbocycles. The summed E-state index contributed by atoms with van der Waals surface area (Å²) in [6.45, 7) is 2.09. The average Bonchev–Trinajstić information content (AvgIpc) is 2.60. The maximum atomic E-state index is 13.2. The van der Waals surface area contributed by atoms with Gasteiger partial charge in [0.1, 0.15) is 12.1 Å². The Balaban J connectivity index is 2.04. The molecule has 1 atom stereocenters. The Labute approximate surface area is 148 Å². The van der Waals surface area contributed by atoms with E-state index in [9.17, 15) is 4.39 Å². The highest BCUT2D eigenvalue weighted by molar-refractivity contribution is 5.41. The first kappa shape index (κ1) is 17.2. The molecule has 0 N–H and O–H groups in total. The minimum Gasteiger partial charge on any atom is -0.298 e. The standard InChI is InChI=1S/C21H22FN3/c1-15-4-9-20(21(25(2)3)18-12-23-14-24-13-18)17(10-15)11-16-5-7-19(22)8-6-16/h4-10,12-14,21H,11H2,1-3H3. The third-order valence-electron chi connectivity index (χ3n) is 4.31. The highest BCUT2D eigenvalue weighted by Crippen LogP contribution is 2.30. The second-order valence-electron chi connectivity index (χ2n) is 6.54. The van der Waals surface area contributed by atoms with Crippen LogP contribution in [0.4, 0.5) is 4.39 Å². The van der Waals surface area contributed by atoms with Crippen LogP contribution in [0.5, 0.6) is 0 Å². The molecule has 128 valence electrons. The highest BCUT2D eigenvalue weighted by Gasteiger charge is 2.20. The van der Waals surface area contributed by atoms with Crippen molar-refractivity contribution >= 4 is 0 Å². The number of aromatic nitrogens is 2. The number of aryl methyl sites for hydroxylation is 1. The second-order valence-corrected chi connectivity index (χ2v) is 6.54. The highest BCUT2D eigenvalue weighted by atomic mass is 19.1. The number of hydrogen-bond acceptors (Lipinski definition) is 3. The molecule has 0 amide bonds. The average molecular weight is 335 g/mol. The van der Waals surface area contributed by atoms with E-state index < -0.39 is 0 Å². The van der Waals surface area contributed by atoms with E-state index in [4.69, 9.17) is 0 Å². The first-order valence-electron chi connectivity index (χ1n) is 8.30. The van der Waals surface area contributed by atoms with Crippen LogP contribution in [-0.2, 0) is 6.42 Å². The molecule has 3 nitrogen and oxygen atoms in total. The van der Waals surface area contributed by atoms with Gasteiger partial charge in [-0.3, -0.25) is 4.90 Å². The van der Waals surface area contributed by atoms with Crippen LogP contribution in [0.2, 0.25) is 0 Å². The lowest BCUT2D eigenvalue weighted by atomic mass is 9.90. The van der Waals surface area contributed by atoms with Gasteiger partial charge in [-0.15, -0.1) is 0 Å². The largest absolute Gasteiger partial charge is 0.298 e. The van der Waals surface area contributed by atoms with Gasteiger partial charge in [0, 0.05) is 18.0 Å². The van der Waals surface area contributed by atoms with E-state index in [-0.39, 0.29) is 11.9 Å². The number of rotatable bonds is 5. The molecule has 25 heavy (non-hydrogen) atoms. The van der Waals surface area contributed by atoms with E-state index in [1.54, 1.807) is 6.33 Å². The van der Waals surface area contributed by atoms with E-state index in [1.165, 1.54) is 28.8 Å². The van der Waals surface area contributed by atoms with Crippen molar-refractivity contribution < 1.29 is 4.39 Å². The van der Waals surface area contributed by atoms with Crippen molar-refractivity contribution in [3.63, 3.8) is 0 Å². The van der Waals surface area contributed by atoms with Gasteiger partial charge in [0.25, 0.3) is 0 Å². The fourth-order valence-electron chi connectivity index (χ4n) is 3.18. The van der Waals surface area contributed by atoms with Crippen LogP contribution in [0.3, 0.4) is 0 Å². The Morgan fingerprint density at radius 1 is 1.00 bits per heavy atom. The molecule has 0 bridgehead atoms. The number of nitrogens with zero attached hydrogens (tertiary/aromatic N) is 3. The fraction of sp³-hybridized carbons (Fsp3) is 0.238. The zero-order valence-corrected chi connectivity index (χ0v) is 14.8. The van der Waals surface area contributed by atoms with Gasteiger partial charge in [-0.25, -0.2) is 14.4 Å². The Hall–Kier alpha value is -2.59. The third kappa shape index (κ3) is 4.09. The summed E-state index contributed by atoms with van der Waals surface area (Å²) >= 11 is 0. The van der Waals surface area contributed by atoms with Gasteiger partial charge < -0.3 is 0 Å². The van der Waals surface area contributed by atoms with Gasteiger partial charge in [0.2, 0.25) is 0 Å². The van der Waals surface area contributed by atoms with E-state index >= 15 is 0 Å². The van der Waals surface area contributed by atoms with Crippen LogP contribution < -0.4 is 0 Å². The smallest absolute Gasteiger partial charge is 0.123 e. The Morgan fingerprint density at radius 2 is 1.68 bits per heavy atom. The third-order valence-corrected chi connectivity index (χ3v) is 4.31. The second kappa shape index (κ2) is 7.53. The first-order valence-corrected chi connectivity index (χ1v) is 8.30. The summed E-state index contributed by atoms with van der Waals surface area (Å²) in [7, 11) is 4.11. The monoisotopic (exact) mass is 335 g/mol. The molecule has 1 aromatic heterocycles. The summed E-state index contributed by atoms with van der Waals surface area (Å²) in [5, 5.41) is 0. The van der Waals surface area contributed by atoms with Gasteiger partial charge >= 0.3 is 0 Å². The van der Waals surface area contributed by atoms with Crippen molar-refractivity contribution in [2.75, 3.05) is 14.1 Å². The topological polar surface area (TPSA) is 29.0 Å². The van der Waals surface area contributed by atoms with Crippen LogP contribution in [-0.4, -0.2) is 29.0 Å². The zero-order chi connectivity index (χ0) is 17.8. The number of halogens is 1. The first-order chi connectivity index (χ1) is 12.0. The summed E-state index contributed by atoms with van der Waals surface area (Å²) in [6.07, 6.45) is 6.03. The summed E-state index contributed by atoms with van der Waals surface area (Å²) in [5.74, 6) is -0.208. The van der Waals surface area contributed by atoms with E-state index in [2.05, 4.69) is 54.1 Å². The van der Waals surface area contributed by atoms with Crippen molar-refractivity contribution in [3.8, 4) is 0 Å². The molecule has 0 fully saturated rings. The van der Waals surface area contributed by atoms with Crippen molar-refractivity contribution in [1.82, 2.24) is 14.9 Å². The fourth-order valence-corrected chi connectivity index (χ4v) is 3.18. The minimum atomic E-state index is -0.208. The van der Waals surface area contributed by atoms with Crippen LogP contribution in [0.1, 0.15) is 33.9 Å². The van der Waals surface area contributed by atoms with Crippen molar-refractivity contribution in [2.24, 2.45) is 0 Å². The van der Waals surface area contributed by atoms with Gasteiger partial charge in [-0.2, -0.15) is 0 Å². The van der Waals surface area contributed by atoms with E-state index in [1.807, 2.05) is 24.5 Å². The summed E-state index contributed by atoms with van der Waals surface area (Å²) in [5.41, 5.74) is 5.80. The molecule has 0 spiro atoms. The van der Waals surface area contributed by atoms with E-state index in [0.717, 1.165) is 17.5 Å². The van der Waals surface area contributed by atoms with Gasteiger partial charge in [0.05, 0.1) is 6.04 Å². The summed E-state index contributed by atoms with van der Waals surface area (Å²) < 4.78 is 13.2. The molecule has 1 unspecified atom stereocenters. The molecule has 4 heteroatoms. The van der Waals surface area contributed by atoms with Crippen molar-refractivity contribution in [1.29, 1.82) is 0 Å². The molecular weight excluding hydrogens is 313 g/mol. The van der Waals surface area contributed by atoms with Gasteiger partial charge in [-0.1, -0.05) is 35.9 Å². The Kier molecular flexibility index (Phi) is 5.19. The maximum absolute atomic E-state index is 13.2. The molecule has 0 aliphatic heterocycles. The molecule has 1 heterocycles. The predicted octanol–water partition coefficient (Wildman–Crippen LogP) is 4.17. The molecule has 0 saturated heterocycles.